The first-order valence-corrected chi connectivity index (χ1v) is 5.77. The van der Waals surface area contributed by atoms with Gasteiger partial charge in [-0.2, -0.15) is 0 Å². The molecule has 1 aromatic heterocycles. The molecule has 18 heavy (non-hydrogen) atoms. The number of aromatic nitrogens is 2. The molecule has 0 aliphatic rings. The number of fused-ring (bicyclic) bond motifs is 1. The van der Waals surface area contributed by atoms with Crippen molar-refractivity contribution >= 4 is 16.6 Å². The monoisotopic (exact) mass is 236 g/mol. The molecule has 1 heterocycles. The molecule has 3 heteroatoms. The van der Waals surface area contributed by atoms with Crippen molar-refractivity contribution in [2.75, 3.05) is 0 Å². The summed E-state index contributed by atoms with van der Waals surface area (Å²) in [6.45, 7) is 0. The minimum atomic E-state index is -0.0423. The topological polar surface area (TPSA) is 34.9 Å². The van der Waals surface area contributed by atoms with E-state index >= 15 is 0 Å². The highest BCUT2D eigenvalue weighted by atomic mass is 16.1. The lowest BCUT2D eigenvalue weighted by Gasteiger charge is -2.05. The molecule has 2 aromatic carbocycles. The van der Waals surface area contributed by atoms with Crippen molar-refractivity contribution in [2.45, 2.75) is 0 Å². The zero-order valence-electron chi connectivity index (χ0n) is 10.00. The summed E-state index contributed by atoms with van der Waals surface area (Å²) < 4.78 is 1.74. The fourth-order valence-corrected chi connectivity index (χ4v) is 2.13. The fraction of sp³-hybridized carbons (Fsp3) is 0.0667. The van der Waals surface area contributed by atoms with Crippen LogP contribution in [0.3, 0.4) is 0 Å². The quantitative estimate of drug-likeness (QED) is 0.641. The van der Waals surface area contributed by atoms with E-state index in [1.165, 1.54) is 0 Å². The predicted molar refractivity (Wildman–Crippen MR) is 70.6 cm³/mol. The number of benzene rings is 2. The minimum absolute atomic E-state index is 0.0423. The van der Waals surface area contributed by atoms with E-state index in [9.17, 15) is 4.79 Å². The predicted octanol–water partition coefficient (Wildman–Crippen LogP) is 2.80. The van der Waals surface area contributed by atoms with Crippen LogP contribution in [0.25, 0.3) is 10.8 Å². The van der Waals surface area contributed by atoms with Crippen LogP contribution in [-0.2, 0) is 7.05 Å². The third kappa shape index (κ3) is 1.61. The summed E-state index contributed by atoms with van der Waals surface area (Å²) >= 11 is 0. The molecule has 0 fully saturated rings. The molecule has 0 N–H and O–H groups in total. The fourth-order valence-electron chi connectivity index (χ4n) is 2.13. The second-order valence-corrected chi connectivity index (χ2v) is 4.22. The van der Waals surface area contributed by atoms with Gasteiger partial charge in [-0.1, -0.05) is 42.5 Å². The number of hydrogen-bond acceptors (Lipinski definition) is 2. The highest BCUT2D eigenvalue weighted by molar-refractivity contribution is 6.14. The van der Waals surface area contributed by atoms with Crippen molar-refractivity contribution < 1.29 is 4.79 Å². The molecule has 0 amide bonds. The van der Waals surface area contributed by atoms with Gasteiger partial charge < -0.3 is 4.57 Å². The van der Waals surface area contributed by atoms with Crippen LogP contribution in [-0.4, -0.2) is 15.3 Å². The van der Waals surface area contributed by atoms with Crippen molar-refractivity contribution in [2.24, 2.45) is 7.05 Å². The van der Waals surface area contributed by atoms with Crippen LogP contribution in [0.1, 0.15) is 16.2 Å². The standard InChI is InChI=1S/C15H12N2O/c1-17-10-9-16-15(17)14(18)13-8-4-6-11-5-2-3-7-12(11)13/h2-10H,1H3. The summed E-state index contributed by atoms with van der Waals surface area (Å²) in [5.74, 6) is 0.422. The Balaban J connectivity index is 2.21. The van der Waals surface area contributed by atoms with Gasteiger partial charge in [-0.3, -0.25) is 4.79 Å². The first-order valence-electron chi connectivity index (χ1n) is 5.77. The normalized spacial score (nSPS) is 10.7. The third-order valence-corrected chi connectivity index (χ3v) is 3.06. The van der Waals surface area contributed by atoms with Gasteiger partial charge in [-0.15, -0.1) is 0 Å². The summed E-state index contributed by atoms with van der Waals surface area (Å²) in [5, 5.41) is 2.03. The van der Waals surface area contributed by atoms with E-state index in [1.807, 2.05) is 49.5 Å². The van der Waals surface area contributed by atoms with Crippen molar-refractivity contribution in [1.29, 1.82) is 0 Å². The second-order valence-electron chi connectivity index (χ2n) is 4.22. The van der Waals surface area contributed by atoms with Gasteiger partial charge in [0.05, 0.1) is 0 Å². The van der Waals surface area contributed by atoms with E-state index in [4.69, 9.17) is 0 Å². The number of carbonyl (C=O) groups is 1. The van der Waals surface area contributed by atoms with Gasteiger partial charge >= 0.3 is 0 Å². The lowest BCUT2D eigenvalue weighted by atomic mass is 10.0. The van der Waals surface area contributed by atoms with Crippen LogP contribution >= 0.6 is 0 Å². The second kappa shape index (κ2) is 4.11. The van der Waals surface area contributed by atoms with Gasteiger partial charge in [0, 0.05) is 25.0 Å². The molecule has 3 rings (SSSR count). The molecule has 0 aliphatic heterocycles. The van der Waals surface area contributed by atoms with Crippen LogP contribution in [0.4, 0.5) is 0 Å². The SMILES string of the molecule is Cn1ccnc1C(=O)c1cccc2ccccc12. The molecule has 0 atom stereocenters. The summed E-state index contributed by atoms with van der Waals surface area (Å²) in [6, 6.07) is 13.6. The first-order chi connectivity index (χ1) is 8.77. The summed E-state index contributed by atoms with van der Waals surface area (Å²) in [7, 11) is 1.82. The number of imidazole rings is 1. The Labute approximate surface area is 105 Å². The van der Waals surface area contributed by atoms with Gasteiger partial charge in [-0.25, -0.2) is 4.98 Å². The molecule has 0 aliphatic carbocycles. The highest BCUT2D eigenvalue weighted by Crippen LogP contribution is 2.20. The van der Waals surface area contributed by atoms with E-state index in [-0.39, 0.29) is 5.78 Å². The van der Waals surface area contributed by atoms with E-state index in [2.05, 4.69) is 4.98 Å². The van der Waals surface area contributed by atoms with Crippen LogP contribution < -0.4 is 0 Å². The molecule has 0 saturated carbocycles. The van der Waals surface area contributed by atoms with Gasteiger partial charge in [0.1, 0.15) is 0 Å². The third-order valence-electron chi connectivity index (χ3n) is 3.06. The summed E-state index contributed by atoms with van der Waals surface area (Å²) in [6.07, 6.45) is 3.41. The molecule has 0 radical (unpaired) electrons. The largest absolute Gasteiger partial charge is 0.331 e. The minimum Gasteiger partial charge on any atom is -0.331 e. The lowest BCUT2D eigenvalue weighted by Crippen LogP contribution is -2.09. The zero-order chi connectivity index (χ0) is 12.5. The van der Waals surface area contributed by atoms with Crippen molar-refractivity contribution in [3.05, 3.63) is 66.2 Å². The average molecular weight is 236 g/mol. The number of nitrogens with zero attached hydrogens (tertiary/aromatic N) is 2. The Morgan fingerprint density at radius 1 is 1.11 bits per heavy atom. The number of aryl methyl sites for hydroxylation is 1. The van der Waals surface area contributed by atoms with E-state index in [1.54, 1.807) is 17.0 Å². The van der Waals surface area contributed by atoms with Gasteiger partial charge in [-0.05, 0) is 10.8 Å². The molecular weight excluding hydrogens is 224 g/mol. The molecule has 0 bridgehead atoms. The maximum Gasteiger partial charge on any atom is 0.229 e. The molecule has 0 spiro atoms. The number of carbonyl (C=O) groups excluding carboxylic acids is 1. The van der Waals surface area contributed by atoms with Crippen molar-refractivity contribution in [3.8, 4) is 0 Å². The Hall–Kier alpha value is -2.42. The van der Waals surface area contributed by atoms with Gasteiger partial charge in [0.15, 0.2) is 5.82 Å². The maximum atomic E-state index is 12.5. The molecule has 3 aromatic rings. The first kappa shape index (κ1) is 10.7. The molecule has 0 unspecified atom stereocenters. The lowest BCUT2D eigenvalue weighted by molar-refractivity contribution is 0.102. The van der Waals surface area contributed by atoms with Crippen LogP contribution in [0.15, 0.2) is 54.9 Å². The smallest absolute Gasteiger partial charge is 0.229 e. The zero-order valence-corrected chi connectivity index (χ0v) is 10.00. The highest BCUT2D eigenvalue weighted by Gasteiger charge is 2.15. The average Bonchev–Trinajstić information content (AvgIpc) is 2.83. The van der Waals surface area contributed by atoms with E-state index in [0.717, 1.165) is 10.8 Å². The number of ketones is 1. The molecule has 88 valence electrons. The summed E-state index contributed by atoms with van der Waals surface area (Å²) in [5.41, 5.74) is 0.697. The van der Waals surface area contributed by atoms with Gasteiger partial charge in [0.2, 0.25) is 5.78 Å². The molecular formula is C15H12N2O. The molecule has 0 saturated heterocycles. The Morgan fingerprint density at radius 2 is 1.89 bits per heavy atom. The van der Waals surface area contributed by atoms with E-state index in [0.29, 0.717) is 11.4 Å². The van der Waals surface area contributed by atoms with Crippen molar-refractivity contribution in [3.63, 3.8) is 0 Å². The van der Waals surface area contributed by atoms with Crippen molar-refractivity contribution in [1.82, 2.24) is 9.55 Å². The number of hydrogen-bond donors (Lipinski definition) is 0. The molecule has 3 nitrogen and oxygen atoms in total. The van der Waals surface area contributed by atoms with E-state index < -0.39 is 0 Å². The Kier molecular flexibility index (Phi) is 2.45. The maximum absolute atomic E-state index is 12.5. The van der Waals surface area contributed by atoms with Crippen LogP contribution in [0, 0.1) is 0 Å². The number of rotatable bonds is 2. The Bertz CT molecular complexity index is 723. The Morgan fingerprint density at radius 3 is 2.67 bits per heavy atom. The summed E-state index contributed by atoms with van der Waals surface area (Å²) in [4.78, 5) is 16.6. The van der Waals surface area contributed by atoms with Crippen LogP contribution in [0.2, 0.25) is 0 Å². The van der Waals surface area contributed by atoms with Gasteiger partial charge in [0.25, 0.3) is 0 Å². The van der Waals surface area contributed by atoms with Crippen LogP contribution in [0.5, 0.6) is 0 Å².